The van der Waals surface area contributed by atoms with Crippen LogP contribution in [-0.2, 0) is 21.4 Å². The van der Waals surface area contributed by atoms with E-state index in [0.29, 0.717) is 5.56 Å². The van der Waals surface area contributed by atoms with E-state index < -0.39 is 27.8 Å². The standard InChI is InChI=1S/C15H16FN3O3S/c16-12-5-3-11(4-6-12)14(15(17)20)19-9-10-1-7-13(8-2-10)23(18,21)22/h1-8,14,19H,9H2,(H2,17,20)(H2,18,21,22). The van der Waals surface area contributed by atoms with Crippen LogP contribution in [0.4, 0.5) is 4.39 Å². The van der Waals surface area contributed by atoms with Gasteiger partial charge in [-0.15, -0.1) is 0 Å². The molecule has 1 atom stereocenters. The maximum atomic E-state index is 12.9. The molecule has 2 aromatic rings. The van der Waals surface area contributed by atoms with Crippen LogP contribution in [0.1, 0.15) is 17.2 Å². The van der Waals surface area contributed by atoms with Gasteiger partial charge in [0.25, 0.3) is 0 Å². The Kier molecular flexibility index (Phi) is 5.09. The SMILES string of the molecule is NC(=O)C(NCc1ccc(S(N)(=O)=O)cc1)c1ccc(F)cc1. The zero-order valence-corrected chi connectivity index (χ0v) is 12.9. The van der Waals surface area contributed by atoms with Gasteiger partial charge in [0.1, 0.15) is 11.9 Å². The number of carbonyl (C=O) groups is 1. The van der Waals surface area contributed by atoms with Crippen molar-refractivity contribution in [3.8, 4) is 0 Å². The number of primary sulfonamides is 1. The lowest BCUT2D eigenvalue weighted by Gasteiger charge is -2.16. The summed E-state index contributed by atoms with van der Waals surface area (Å²) in [5.41, 5.74) is 6.64. The molecule has 0 saturated carbocycles. The molecule has 23 heavy (non-hydrogen) atoms. The van der Waals surface area contributed by atoms with Gasteiger partial charge in [0.15, 0.2) is 0 Å². The molecule has 2 aromatic carbocycles. The van der Waals surface area contributed by atoms with Crippen molar-refractivity contribution in [2.75, 3.05) is 0 Å². The maximum Gasteiger partial charge on any atom is 0.239 e. The fraction of sp³-hybridized carbons (Fsp3) is 0.133. The van der Waals surface area contributed by atoms with Crippen LogP contribution in [0, 0.1) is 5.82 Å². The van der Waals surface area contributed by atoms with Crippen molar-refractivity contribution in [1.82, 2.24) is 5.32 Å². The molecule has 2 rings (SSSR count). The monoisotopic (exact) mass is 337 g/mol. The van der Waals surface area contributed by atoms with E-state index in [0.717, 1.165) is 5.56 Å². The molecule has 0 aliphatic heterocycles. The van der Waals surface area contributed by atoms with Gasteiger partial charge in [0, 0.05) is 6.54 Å². The summed E-state index contributed by atoms with van der Waals surface area (Å²) in [7, 11) is -3.74. The minimum absolute atomic E-state index is 0.00577. The van der Waals surface area contributed by atoms with Gasteiger partial charge < -0.3 is 5.73 Å². The highest BCUT2D eigenvalue weighted by molar-refractivity contribution is 7.89. The first-order chi connectivity index (χ1) is 10.8. The third kappa shape index (κ3) is 4.59. The molecule has 0 saturated heterocycles. The molecule has 0 bridgehead atoms. The van der Waals surface area contributed by atoms with E-state index in [9.17, 15) is 17.6 Å². The lowest BCUT2D eigenvalue weighted by molar-refractivity contribution is -0.120. The van der Waals surface area contributed by atoms with Crippen LogP contribution >= 0.6 is 0 Å². The lowest BCUT2D eigenvalue weighted by atomic mass is 10.1. The first kappa shape index (κ1) is 17.1. The molecule has 0 aliphatic carbocycles. The van der Waals surface area contributed by atoms with Gasteiger partial charge in [-0.2, -0.15) is 0 Å². The molecule has 5 N–H and O–H groups in total. The van der Waals surface area contributed by atoms with Gasteiger partial charge in [0.05, 0.1) is 4.90 Å². The van der Waals surface area contributed by atoms with Gasteiger partial charge >= 0.3 is 0 Å². The highest BCUT2D eigenvalue weighted by Crippen LogP contribution is 2.15. The Morgan fingerprint density at radius 3 is 2.13 bits per heavy atom. The summed E-state index contributed by atoms with van der Waals surface area (Å²) in [6.07, 6.45) is 0. The third-order valence-corrected chi connectivity index (χ3v) is 4.18. The Morgan fingerprint density at radius 1 is 1.09 bits per heavy atom. The summed E-state index contributed by atoms with van der Waals surface area (Å²) in [4.78, 5) is 11.6. The van der Waals surface area contributed by atoms with Gasteiger partial charge in [-0.05, 0) is 35.4 Å². The number of rotatable bonds is 6. The number of sulfonamides is 1. The average Bonchev–Trinajstić information content (AvgIpc) is 2.48. The quantitative estimate of drug-likeness (QED) is 0.722. The fourth-order valence-electron chi connectivity index (χ4n) is 2.05. The molecule has 0 radical (unpaired) electrons. The van der Waals surface area contributed by atoms with Crippen LogP contribution < -0.4 is 16.2 Å². The molecule has 1 amide bonds. The topological polar surface area (TPSA) is 115 Å². The fourth-order valence-corrected chi connectivity index (χ4v) is 2.57. The molecule has 1 unspecified atom stereocenters. The summed E-state index contributed by atoms with van der Waals surface area (Å²) in [5.74, 6) is -1.01. The summed E-state index contributed by atoms with van der Waals surface area (Å²) in [5, 5.41) is 7.97. The van der Waals surface area contributed by atoms with Crippen LogP contribution in [0.25, 0.3) is 0 Å². The second kappa shape index (κ2) is 6.86. The van der Waals surface area contributed by atoms with E-state index in [1.54, 1.807) is 12.1 Å². The lowest BCUT2D eigenvalue weighted by Crippen LogP contribution is -2.33. The number of benzene rings is 2. The van der Waals surface area contributed by atoms with Crippen LogP contribution in [0.2, 0.25) is 0 Å². The van der Waals surface area contributed by atoms with Gasteiger partial charge in [-0.3, -0.25) is 10.1 Å². The van der Waals surface area contributed by atoms with Crippen LogP contribution in [0.5, 0.6) is 0 Å². The molecule has 0 heterocycles. The normalized spacial score (nSPS) is 12.8. The molecule has 6 nitrogen and oxygen atoms in total. The first-order valence-electron chi connectivity index (χ1n) is 6.67. The Bertz CT molecular complexity index is 790. The van der Waals surface area contributed by atoms with E-state index in [1.807, 2.05) is 0 Å². The molecule has 0 fully saturated rings. The van der Waals surface area contributed by atoms with Gasteiger partial charge in [0.2, 0.25) is 15.9 Å². The van der Waals surface area contributed by atoms with Crippen molar-refractivity contribution >= 4 is 15.9 Å². The van der Waals surface area contributed by atoms with E-state index in [1.165, 1.54) is 36.4 Å². The molecule has 0 spiro atoms. The first-order valence-corrected chi connectivity index (χ1v) is 8.22. The van der Waals surface area contributed by atoms with E-state index in [-0.39, 0.29) is 11.4 Å². The molecular weight excluding hydrogens is 321 g/mol. The van der Waals surface area contributed by atoms with E-state index in [4.69, 9.17) is 10.9 Å². The number of primary amides is 1. The summed E-state index contributed by atoms with van der Waals surface area (Å²) < 4.78 is 35.3. The van der Waals surface area contributed by atoms with Crippen molar-refractivity contribution < 1.29 is 17.6 Å². The van der Waals surface area contributed by atoms with Crippen molar-refractivity contribution in [1.29, 1.82) is 0 Å². The zero-order chi connectivity index (χ0) is 17.0. The summed E-state index contributed by atoms with van der Waals surface area (Å²) in [6, 6.07) is 10.6. The minimum Gasteiger partial charge on any atom is -0.368 e. The van der Waals surface area contributed by atoms with Crippen molar-refractivity contribution in [3.63, 3.8) is 0 Å². The Labute approximate surface area is 133 Å². The Hall–Kier alpha value is -2.29. The van der Waals surface area contributed by atoms with Gasteiger partial charge in [-0.25, -0.2) is 17.9 Å². The second-order valence-electron chi connectivity index (χ2n) is 4.96. The van der Waals surface area contributed by atoms with Crippen molar-refractivity contribution in [2.24, 2.45) is 10.9 Å². The maximum absolute atomic E-state index is 12.9. The van der Waals surface area contributed by atoms with Crippen molar-refractivity contribution in [3.05, 3.63) is 65.5 Å². The Balaban J connectivity index is 2.10. The van der Waals surface area contributed by atoms with E-state index >= 15 is 0 Å². The number of amides is 1. The number of hydrogen-bond donors (Lipinski definition) is 3. The minimum atomic E-state index is -3.74. The number of nitrogens with one attached hydrogen (secondary N) is 1. The smallest absolute Gasteiger partial charge is 0.239 e. The highest BCUT2D eigenvalue weighted by atomic mass is 32.2. The second-order valence-corrected chi connectivity index (χ2v) is 6.52. The summed E-state index contributed by atoms with van der Waals surface area (Å²) >= 11 is 0. The van der Waals surface area contributed by atoms with Crippen LogP contribution in [0.3, 0.4) is 0 Å². The Morgan fingerprint density at radius 2 is 1.65 bits per heavy atom. The summed E-state index contributed by atoms with van der Waals surface area (Å²) in [6.45, 7) is 0.274. The number of nitrogens with two attached hydrogens (primary N) is 2. The van der Waals surface area contributed by atoms with Crippen LogP contribution in [-0.4, -0.2) is 14.3 Å². The molecule has 0 aromatic heterocycles. The molecule has 0 aliphatic rings. The number of carbonyl (C=O) groups excluding carboxylic acids is 1. The largest absolute Gasteiger partial charge is 0.368 e. The molecule has 122 valence electrons. The highest BCUT2D eigenvalue weighted by Gasteiger charge is 2.17. The average molecular weight is 337 g/mol. The molecule has 8 heteroatoms. The molecular formula is C15H16FN3O3S. The number of halogens is 1. The predicted molar refractivity (Wildman–Crippen MR) is 83.0 cm³/mol. The number of hydrogen-bond acceptors (Lipinski definition) is 4. The van der Waals surface area contributed by atoms with Crippen LogP contribution in [0.15, 0.2) is 53.4 Å². The van der Waals surface area contributed by atoms with E-state index in [2.05, 4.69) is 5.32 Å². The van der Waals surface area contributed by atoms with Crippen molar-refractivity contribution in [2.45, 2.75) is 17.5 Å². The predicted octanol–water partition coefficient (Wildman–Crippen LogP) is 0.789. The zero-order valence-electron chi connectivity index (χ0n) is 12.1. The van der Waals surface area contributed by atoms with Gasteiger partial charge in [-0.1, -0.05) is 24.3 Å². The third-order valence-electron chi connectivity index (χ3n) is 3.25.